The van der Waals surface area contributed by atoms with Crippen LogP contribution in [-0.2, 0) is 6.54 Å². The third-order valence-electron chi connectivity index (χ3n) is 5.27. The van der Waals surface area contributed by atoms with Gasteiger partial charge in [0.1, 0.15) is 5.56 Å². The topological polar surface area (TPSA) is 91.3 Å². The van der Waals surface area contributed by atoms with Crippen LogP contribution in [-0.4, -0.2) is 51.5 Å². The molecule has 1 aliphatic rings. The first-order valence-corrected chi connectivity index (χ1v) is 9.86. The average Bonchev–Trinajstić information content (AvgIpc) is 2.77. The Bertz CT molecular complexity index is 1160. The van der Waals surface area contributed by atoms with Crippen molar-refractivity contribution in [3.8, 4) is 0 Å². The maximum Gasteiger partial charge on any atom is 0.328 e. The van der Waals surface area contributed by atoms with Gasteiger partial charge in [0, 0.05) is 44.3 Å². The number of nitrogens with one attached hydrogen (secondary N) is 1. The van der Waals surface area contributed by atoms with E-state index in [2.05, 4.69) is 40.0 Å². The molecular weight excluding hydrogens is 382 g/mol. The van der Waals surface area contributed by atoms with E-state index in [0.29, 0.717) is 31.9 Å². The fourth-order valence-corrected chi connectivity index (χ4v) is 3.62. The minimum Gasteiger partial charge on any atom is -0.368 e. The van der Waals surface area contributed by atoms with Crippen LogP contribution in [0.2, 0.25) is 0 Å². The first-order chi connectivity index (χ1) is 14.5. The van der Waals surface area contributed by atoms with Gasteiger partial charge in [0.15, 0.2) is 0 Å². The fraction of sp³-hybridized carbons (Fsp3) is 0.273. The maximum absolute atomic E-state index is 13.0. The molecule has 8 heteroatoms. The van der Waals surface area contributed by atoms with Gasteiger partial charge in [-0.25, -0.2) is 4.79 Å². The number of nitrogens with zero attached hydrogens (tertiary/aromatic N) is 4. The van der Waals surface area contributed by atoms with Crippen molar-refractivity contribution >= 4 is 11.6 Å². The number of benzene rings is 1. The molecule has 1 aliphatic heterocycles. The van der Waals surface area contributed by atoms with Crippen LogP contribution in [0.5, 0.6) is 0 Å². The molecule has 1 fully saturated rings. The Morgan fingerprint density at radius 3 is 2.57 bits per heavy atom. The van der Waals surface area contributed by atoms with Crippen LogP contribution < -0.4 is 16.1 Å². The Hall–Kier alpha value is -3.68. The SMILES string of the molecule is Cc1cccc(N2CCN(C(=O)c3c[nH]c(=O)n(Cc4ccccn4)c3=O)CC2)c1. The summed E-state index contributed by atoms with van der Waals surface area (Å²) in [7, 11) is 0. The Balaban J connectivity index is 1.51. The van der Waals surface area contributed by atoms with Crippen molar-refractivity contribution in [1.29, 1.82) is 0 Å². The number of hydrogen-bond donors (Lipinski definition) is 1. The van der Waals surface area contributed by atoms with Gasteiger partial charge in [0.25, 0.3) is 11.5 Å². The van der Waals surface area contributed by atoms with Crippen LogP contribution in [0.15, 0.2) is 64.4 Å². The van der Waals surface area contributed by atoms with E-state index in [1.165, 1.54) is 11.8 Å². The fourth-order valence-electron chi connectivity index (χ4n) is 3.62. The normalized spacial score (nSPS) is 14.0. The van der Waals surface area contributed by atoms with E-state index in [0.717, 1.165) is 10.3 Å². The summed E-state index contributed by atoms with van der Waals surface area (Å²) < 4.78 is 1.01. The lowest BCUT2D eigenvalue weighted by atomic mass is 10.2. The molecule has 4 rings (SSSR count). The van der Waals surface area contributed by atoms with Crippen molar-refractivity contribution in [2.24, 2.45) is 0 Å². The molecular formula is C22H23N5O3. The second kappa shape index (κ2) is 8.36. The van der Waals surface area contributed by atoms with E-state index in [9.17, 15) is 14.4 Å². The molecule has 3 heterocycles. The molecule has 1 saturated heterocycles. The van der Waals surface area contributed by atoms with Crippen molar-refractivity contribution in [3.05, 3.63) is 92.5 Å². The van der Waals surface area contributed by atoms with Crippen LogP contribution in [0.4, 0.5) is 5.69 Å². The summed E-state index contributed by atoms with van der Waals surface area (Å²) in [5.74, 6) is -0.366. The number of amides is 1. The summed E-state index contributed by atoms with van der Waals surface area (Å²) in [5, 5.41) is 0. The van der Waals surface area contributed by atoms with E-state index in [1.54, 1.807) is 29.3 Å². The number of aromatic nitrogens is 3. The van der Waals surface area contributed by atoms with Gasteiger partial charge >= 0.3 is 5.69 Å². The van der Waals surface area contributed by atoms with Gasteiger partial charge in [-0.3, -0.25) is 19.1 Å². The van der Waals surface area contributed by atoms with E-state index < -0.39 is 11.2 Å². The Kier molecular flexibility index (Phi) is 5.47. The predicted octanol–water partition coefficient (Wildman–Crippen LogP) is 1.25. The summed E-state index contributed by atoms with van der Waals surface area (Å²) in [6.45, 7) is 4.44. The largest absolute Gasteiger partial charge is 0.368 e. The summed E-state index contributed by atoms with van der Waals surface area (Å²) >= 11 is 0. The number of piperazine rings is 1. The van der Waals surface area contributed by atoms with Crippen LogP contribution in [0.1, 0.15) is 21.6 Å². The molecule has 0 atom stereocenters. The monoisotopic (exact) mass is 405 g/mol. The number of hydrogen-bond acceptors (Lipinski definition) is 5. The third-order valence-corrected chi connectivity index (χ3v) is 5.27. The molecule has 3 aromatic rings. The van der Waals surface area contributed by atoms with Crippen molar-refractivity contribution in [1.82, 2.24) is 19.4 Å². The van der Waals surface area contributed by atoms with Gasteiger partial charge in [-0.1, -0.05) is 18.2 Å². The number of anilines is 1. The minimum absolute atomic E-state index is 0.0112. The van der Waals surface area contributed by atoms with E-state index in [1.807, 2.05) is 6.07 Å². The average molecular weight is 405 g/mol. The number of rotatable bonds is 4. The summed E-state index contributed by atoms with van der Waals surface area (Å²) in [5.41, 5.74) is 1.69. The highest BCUT2D eigenvalue weighted by Gasteiger charge is 2.25. The summed E-state index contributed by atoms with van der Waals surface area (Å²) in [6, 6.07) is 13.5. The number of carbonyl (C=O) groups is 1. The number of H-pyrrole nitrogens is 1. The lowest BCUT2D eigenvalue weighted by Gasteiger charge is -2.36. The molecule has 0 aliphatic carbocycles. The smallest absolute Gasteiger partial charge is 0.328 e. The molecule has 30 heavy (non-hydrogen) atoms. The molecule has 0 unspecified atom stereocenters. The lowest BCUT2D eigenvalue weighted by molar-refractivity contribution is 0.0743. The number of aromatic amines is 1. The highest BCUT2D eigenvalue weighted by Crippen LogP contribution is 2.18. The second-order valence-electron chi connectivity index (χ2n) is 7.34. The first-order valence-electron chi connectivity index (χ1n) is 9.86. The molecule has 1 aromatic carbocycles. The van der Waals surface area contributed by atoms with Gasteiger partial charge in [0.05, 0.1) is 12.2 Å². The van der Waals surface area contributed by atoms with Gasteiger partial charge < -0.3 is 14.8 Å². The predicted molar refractivity (Wildman–Crippen MR) is 114 cm³/mol. The highest BCUT2D eigenvalue weighted by atomic mass is 16.2. The first kappa shape index (κ1) is 19.6. The quantitative estimate of drug-likeness (QED) is 0.706. The van der Waals surface area contributed by atoms with Crippen molar-refractivity contribution < 1.29 is 4.79 Å². The Morgan fingerprint density at radius 2 is 1.87 bits per heavy atom. The zero-order chi connectivity index (χ0) is 21.1. The number of aryl methyl sites for hydroxylation is 1. The maximum atomic E-state index is 13.0. The van der Waals surface area contributed by atoms with E-state index >= 15 is 0 Å². The van der Waals surface area contributed by atoms with E-state index in [-0.39, 0.29) is 18.0 Å². The molecule has 1 amide bonds. The van der Waals surface area contributed by atoms with Crippen LogP contribution in [0.3, 0.4) is 0 Å². The van der Waals surface area contributed by atoms with Crippen LogP contribution in [0.25, 0.3) is 0 Å². The molecule has 0 radical (unpaired) electrons. The van der Waals surface area contributed by atoms with E-state index in [4.69, 9.17) is 0 Å². The molecule has 0 bridgehead atoms. The molecule has 154 valence electrons. The molecule has 2 aromatic heterocycles. The van der Waals surface area contributed by atoms with Crippen molar-refractivity contribution in [3.63, 3.8) is 0 Å². The molecule has 0 saturated carbocycles. The van der Waals surface area contributed by atoms with Crippen molar-refractivity contribution in [2.75, 3.05) is 31.1 Å². The Labute approximate surface area is 173 Å². The summed E-state index contributed by atoms with van der Waals surface area (Å²) in [4.78, 5) is 48.6. The number of carbonyl (C=O) groups excluding carboxylic acids is 1. The molecule has 8 nitrogen and oxygen atoms in total. The summed E-state index contributed by atoms with van der Waals surface area (Å²) in [6.07, 6.45) is 2.81. The standard InChI is InChI=1S/C22H23N5O3/c1-16-5-4-7-18(13-16)25-9-11-26(12-10-25)20(28)19-14-24-22(30)27(21(19)29)15-17-6-2-3-8-23-17/h2-8,13-14H,9-12,15H2,1H3,(H,24,30). The minimum atomic E-state index is -0.601. The lowest BCUT2D eigenvalue weighted by Crippen LogP contribution is -2.50. The Morgan fingerprint density at radius 1 is 1.07 bits per heavy atom. The van der Waals surface area contributed by atoms with Crippen LogP contribution in [0, 0.1) is 6.92 Å². The third kappa shape index (κ3) is 4.03. The molecule has 0 spiro atoms. The highest BCUT2D eigenvalue weighted by molar-refractivity contribution is 5.93. The number of pyridine rings is 1. The zero-order valence-corrected chi connectivity index (χ0v) is 16.7. The van der Waals surface area contributed by atoms with Gasteiger partial charge in [-0.2, -0.15) is 0 Å². The van der Waals surface area contributed by atoms with Gasteiger partial charge in [-0.05, 0) is 36.8 Å². The second-order valence-corrected chi connectivity index (χ2v) is 7.34. The van der Waals surface area contributed by atoms with Crippen LogP contribution >= 0.6 is 0 Å². The molecule has 1 N–H and O–H groups in total. The van der Waals surface area contributed by atoms with Gasteiger partial charge in [-0.15, -0.1) is 0 Å². The zero-order valence-electron chi connectivity index (χ0n) is 16.7. The van der Waals surface area contributed by atoms with Crippen molar-refractivity contribution in [2.45, 2.75) is 13.5 Å². The van der Waals surface area contributed by atoms with Gasteiger partial charge in [0.2, 0.25) is 0 Å².